The molecule has 0 saturated heterocycles. The lowest BCUT2D eigenvalue weighted by Gasteiger charge is -2.14. The summed E-state index contributed by atoms with van der Waals surface area (Å²) in [5, 5.41) is 6.62. The first-order valence-electron chi connectivity index (χ1n) is 6.22. The number of hydrogen-bond donors (Lipinski definition) is 3. The van der Waals surface area contributed by atoms with Crippen molar-refractivity contribution in [3.63, 3.8) is 0 Å². The fourth-order valence-electron chi connectivity index (χ4n) is 1.88. The van der Waals surface area contributed by atoms with Gasteiger partial charge in [-0.2, -0.15) is 5.10 Å². The van der Waals surface area contributed by atoms with Gasteiger partial charge in [-0.05, 0) is 26.0 Å². The molecule has 0 fully saturated rings. The third-order valence-corrected chi connectivity index (χ3v) is 2.93. The number of anilines is 2. The van der Waals surface area contributed by atoms with Gasteiger partial charge < -0.3 is 16.9 Å². The molecule has 0 aliphatic carbocycles. The molecule has 0 heterocycles. The molecule has 0 spiro atoms. The van der Waals surface area contributed by atoms with Crippen LogP contribution in [0.5, 0.6) is 0 Å². The Balaban J connectivity index is 3.62. The SMILES string of the molecule is C/C=C(C)/C=C(\C=NN)c1c(C=O)cc(N)cc1NC. The Morgan fingerprint density at radius 3 is 2.60 bits per heavy atom. The maximum Gasteiger partial charge on any atom is 0.150 e. The number of nitrogens with two attached hydrogens (primary N) is 2. The van der Waals surface area contributed by atoms with Crippen LogP contribution in [0.25, 0.3) is 5.57 Å². The lowest BCUT2D eigenvalue weighted by Crippen LogP contribution is -2.03. The van der Waals surface area contributed by atoms with E-state index in [0.717, 1.165) is 28.7 Å². The first-order valence-corrected chi connectivity index (χ1v) is 6.22. The Bertz CT molecular complexity index is 586. The molecule has 0 saturated carbocycles. The van der Waals surface area contributed by atoms with Gasteiger partial charge in [0.25, 0.3) is 0 Å². The van der Waals surface area contributed by atoms with Crippen LogP contribution in [0.2, 0.25) is 0 Å². The molecule has 0 amide bonds. The normalized spacial score (nSPS) is 12.8. The van der Waals surface area contributed by atoms with Crippen LogP contribution in [0.3, 0.4) is 0 Å². The number of aldehydes is 1. The van der Waals surface area contributed by atoms with E-state index >= 15 is 0 Å². The summed E-state index contributed by atoms with van der Waals surface area (Å²) < 4.78 is 0. The van der Waals surface area contributed by atoms with Crippen LogP contribution in [0.15, 0.2) is 35.0 Å². The van der Waals surface area contributed by atoms with Crippen molar-refractivity contribution in [2.45, 2.75) is 13.8 Å². The van der Waals surface area contributed by atoms with Crippen molar-refractivity contribution >= 4 is 29.4 Å². The van der Waals surface area contributed by atoms with Crippen LogP contribution in [-0.4, -0.2) is 19.5 Å². The van der Waals surface area contributed by atoms with E-state index in [9.17, 15) is 4.79 Å². The number of nitrogens with zero attached hydrogens (tertiary/aromatic N) is 1. The van der Waals surface area contributed by atoms with Crippen LogP contribution in [0.4, 0.5) is 11.4 Å². The molecule has 106 valence electrons. The summed E-state index contributed by atoms with van der Waals surface area (Å²) in [7, 11) is 1.77. The van der Waals surface area contributed by atoms with Crippen LogP contribution in [0, 0.1) is 0 Å². The van der Waals surface area contributed by atoms with Crippen LogP contribution in [-0.2, 0) is 0 Å². The molecular formula is C15H20N4O. The predicted molar refractivity (Wildman–Crippen MR) is 85.9 cm³/mol. The van der Waals surface area contributed by atoms with Crippen molar-refractivity contribution in [1.82, 2.24) is 0 Å². The number of hydrogen-bond acceptors (Lipinski definition) is 5. The van der Waals surface area contributed by atoms with Crippen molar-refractivity contribution in [3.05, 3.63) is 41.0 Å². The predicted octanol–water partition coefficient (Wildman–Crippen LogP) is 2.42. The number of nitrogen functional groups attached to an aromatic ring is 1. The number of carbonyl (C=O) groups excluding carboxylic acids is 1. The molecule has 5 N–H and O–H groups in total. The minimum absolute atomic E-state index is 0.490. The van der Waals surface area contributed by atoms with E-state index in [-0.39, 0.29) is 0 Å². The second kappa shape index (κ2) is 7.13. The molecule has 1 aromatic rings. The first-order chi connectivity index (χ1) is 9.57. The summed E-state index contributed by atoms with van der Waals surface area (Å²) in [6, 6.07) is 3.40. The van der Waals surface area contributed by atoms with E-state index in [1.807, 2.05) is 26.0 Å². The van der Waals surface area contributed by atoms with Gasteiger partial charge in [0.15, 0.2) is 6.29 Å². The van der Waals surface area contributed by atoms with Gasteiger partial charge in [0.2, 0.25) is 0 Å². The number of hydrazone groups is 1. The second-order valence-corrected chi connectivity index (χ2v) is 4.31. The number of nitrogens with one attached hydrogen (secondary N) is 1. The average Bonchev–Trinajstić information content (AvgIpc) is 2.45. The van der Waals surface area contributed by atoms with E-state index in [1.165, 1.54) is 6.21 Å². The molecule has 20 heavy (non-hydrogen) atoms. The minimum Gasteiger partial charge on any atom is -0.399 e. The Morgan fingerprint density at radius 1 is 1.40 bits per heavy atom. The standard InChI is InChI=1S/C15H20N4O/c1-4-10(2)5-11(8-19-17)15-12(9-20)6-13(16)7-14(15)18-3/h4-9,18H,16-17H2,1-3H3/b10-4+,11-5+,19-8?. The lowest BCUT2D eigenvalue weighted by atomic mass is 9.96. The molecule has 0 aromatic heterocycles. The molecule has 0 bridgehead atoms. The summed E-state index contributed by atoms with van der Waals surface area (Å²) in [6.07, 6.45) is 6.17. The molecule has 1 aromatic carbocycles. The fourth-order valence-corrected chi connectivity index (χ4v) is 1.88. The molecule has 0 atom stereocenters. The maximum atomic E-state index is 11.3. The van der Waals surface area contributed by atoms with Gasteiger partial charge in [0, 0.05) is 35.1 Å². The number of allylic oxidation sites excluding steroid dienone is 4. The molecular weight excluding hydrogens is 252 g/mol. The highest BCUT2D eigenvalue weighted by Crippen LogP contribution is 2.29. The minimum atomic E-state index is 0.490. The zero-order valence-corrected chi connectivity index (χ0v) is 12.0. The lowest BCUT2D eigenvalue weighted by molar-refractivity contribution is 0.112. The average molecular weight is 272 g/mol. The third-order valence-electron chi connectivity index (χ3n) is 2.93. The van der Waals surface area contributed by atoms with Gasteiger partial charge in [0.1, 0.15) is 0 Å². The summed E-state index contributed by atoms with van der Waals surface area (Å²) in [6.45, 7) is 3.90. The summed E-state index contributed by atoms with van der Waals surface area (Å²) in [5.41, 5.74) is 10.1. The Labute approximate surface area is 119 Å². The smallest absolute Gasteiger partial charge is 0.150 e. The van der Waals surface area contributed by atoms with Gasteiger partial charge in [0.05, 0.1) is 6.21 Å². The van der Waals surface area contributed by atoms with Gasteiger partial charge in [-0.25, -0.2) is 0 Å². The number of benzene rings is 1. The summed E-state index contributed by atoms with van der Waals surface area (Å²) >= 11 is 0. The monoisotopic (exact) mass is 272 g/mol. The van der Waals surface area contributed by atoms with Gasteiger partial charge in [-0.15, -0.1) is 0 Å². The molecule has 0 aliphatic heterocycles. The van der Waals surface area contributed by atoms with E-state index in [0.29, 0.717) is 11.3 Å². The van der Waals surface area contributed by atoms with Crippen molar-refractivity contribution in [3.8, 4) is 0 Å². The quantitative estimate of drug-likeness (QED) is 0.192. The Kier molecular flexibility index (Phi) is 5.53. The number of carbonyl (C=O) groups is 1. The molecule has 1 rings (SSSR count). The van der Waals surface area contributed by atoms with Crippen molar-refractivity contribution in [2.24, 2.45) is 10.9 Å². The molecule has 0 unspecified atom stereocenters. The molecule has 0 radical (unpaired) electrons. The van der Waals surface area contributed by atoms with E-state index in [2.05, 4.69) is 10.4 Å². The van der Waals surface area contributed by atoms with Crippen LogP contribution < -0.4 is 16.9 Å². The largest absolute Gasteiger partial charge is 0.399 e. The summed E-state index contributed by atoms with van der Waals surface area (Å²) in [5.74, 6) is 5.27. The second-order valence-electron chi connectivity index (χ2n) is 4.31. The van der Waals surface area contributed by atoms with Crippen molar-refractivity contribution in [2.75, 3.05) is 18.1 Å². The highest BCUT2D eigenvalue weighted by molar-refractivity contribution is 6.15. The third kappa shape index (κ3) is 3.47. The van der Waals surface area contributed by atoms with E-state index in [4.69, 9.17) is 11.6 Å². The van der Waals surface area contributed by atoms with E-state index < -0.39 is 0 Å². The van der Waals surface area contributed by atoms with E-state index in [1.54, 1.807) is 19.2 Å². The topological polar surface area (TPSA) is 93.5 Å². The fraction of sp³-hybridized carbons (Fsp3) is 0.200. The molecule has 0 aliphatic rings. The van der Waals surface area contributed by atoms with Crippen molar-refractivity contribution < 1.29 is 4.79 Å². The van der Waals surface area contributed by atoms with Gasteiger partial charge in [-0.1, -0.05) is 17.7 Å². The van der Waals surface area contributed by atoms with Crippen LogP contribution >= 0.6 is 0 Å². The Hall–Kier alpha value is -2.56. The van der Waals surface area contributed by atoms with Gasteiger partial charge in [-0.3, -0.25) is 4.79 Å². The highest BCUT2D eigenvalue weighted by atomic mass is 16.1. The Morgan fingerprint density at radius 2 is 2.10 bits per heavy atom. The van der Waals surface area contributed by atoms with Crippen LogP contribution in [0.1, 0.15) is 29.8 Å². The molecule has 5 nitrogen and oxygen atoms in total. The summed E-state index contributed by atoms with van der Waals surface area (Å²) in [4.78, 5) is 11.3. The van der Waals surface area contributed by atoms with Gasteiger partial charge >= 0.3 is 0 Å². The zero-order valence-electron chi connectivity index (χ0n) is 12.0. The van der Waals surface area contributed by atoms with Crippen molar-refractivity contribution in [1.29, 1.82) is 0 Å². The molecule has 5 heteroatoms. The maximum absolute atomic E-state index is 11.3. The first kappa shape index (κ1) is 15.5. The number of rotatable bonds is 5. The highest BCUT2D eigenvalue weighted by Gasteiger charge is 2.12. The zero-order chi connectivity index (χ0) is 15.1.